The third-order valence-electron chi connectivity index (χ3n) is 3.26. The van der Waals surface area contributed by atoms with E-state index >= 15 is 0 Å². The lowest BCUT2D eigenvalue weighted by Gasteiger charge is -2.22. The Kier molecular flexibility index (Phi) is 5.55. The molecule has 0 spiro atoms. The Morgan fingerprint density at radius 1 is 1.12 bits per heavy atom. The van der Waals surface area contributed by atoms with Crippen molar-refractivity contribution in [3.63, 3.8) is 0 Å². The van der Waals surface area contributed by atoms with Crippen LogP contribution in [0, 0.1) is 5.82 Å². The van der Waals surface area contributed by atoms with Crippen molar-refractivity contribution in [2.75, 3.05) is 22.4 Å². The second-order valence-corrected chi connectivity index (χ2v) is 7.28. The van der Waals surface area contributed by atoms with E-state index in [-0.39, 0.29) is 11.4 Å². The predicted molar refractivity (Wildman–Crippen MR) is 88.7 cm³/mol. The van der Waals surface area contributed by atoms with Gasteiger partial charge < -0.3 is 5.32 Å². The Hall–Kier alpha value is -2.62. The number of halogens is 4. The fourth-order valence-electron chi connectivity index (χ4n) is 2.14. The summed E-state index contributed by atoms with van der Waals surface area (Å²) in [5, 5.41) is 2.20. The lowest BCUT2D eigenvalue weighted by Crippen LogP contribution is -2.37. The molecule has 2 aromatic carbocycles. The maximum absolute atomic E-state index is 13.3. The fourth-order valence-corrected chi connectivity index (χ4v) is 2.98. The molecule has 0 saturated carbocycles. The molecule has 1 amide bonds. The van der Waals surface area contributed by atoms with Gasteiger partial charge in [0, 0.05) is 5.69 Å². The van der Waals surface area contributed by atoms with Crippen molar-refractivity contribution in [1.29, 1.82) is 0 Å². The monoisotopic (exact) mass is 390 g/mol. The quantitative estimate of drug-likeness (QED) is 0.797. The van der Waals surface area contributed by atoms with Crippen LogP contribution >= 0.6 is 0 Å². The number of carbonyl (C=O) groups is 1. The summed E-state index contributed by atoms with van der Waals surface area (Å²) in [6, 6.07) is 8.51. The van der Waals surface area contributed by atoms with E-state index in [1.807, 2.05) is 0 Å². The number of sulfonamides is 1. The maximum atomic E-state index is 13.3. The maximum Gasteiger partial charge on any atom is 0.416 e. The van der Waals surface area contributed by atoms with Gasteiger partial charge in [-0.05, 0) is 36.4 Å². The summed E-state index contributed by atoms with van der Waals surface area (Å²) in [6.45, 7) is -0.724. The number of hydrogen-bond donors (Lipinski definition) is 1. The van der Waals surface area contributed by atoms with Crippen LogP contribution in [-0.4, -0.2) is 27.1 Å². The van der Waals surface area contributed by atoms with Crippen LogP contribution in [0.3, 0.4) is 0 Å². The van der Waals surface area contributed by atoms with Gasteiger partial charge in [0.1, 0.15) is 12.4 Å². The van der Waals surface area contributed by atoms with Crippen LogP contribution in [0.2, 0.25) is 0 Å². The van der Waals surface area contributed by atoms with E-state index in [1.165, 1.54) is 18.2 Å². The summed E-state index contributed by atoms with van der Waals surface area (Å²) in [6.07, 6.45) is -3.75. The van der Waals surface area contributed by atoms with E-state index in [9.17, 15) is 30.8 Å². The van der Waals surface area contributed by atoms with Crippen molar-refractivity contribution in [3.05, 3.63) is 59.9 Å². The second-order valence-electron chi connectivity index (χ2n) is 5.38. The molecule has 140 valence electrons. The smallest absolute Gasteiger partial charge is 0.325 e. The minimum absolute atomic E-state index is 0.0771. The summed E-state index contributed by atoms with van der Waals surface area (Å²) in [5.41, 5.74) is -1.18. The van der Waals surface area contributed by atoms with Crippen LogP contribution in [0.5, 0.6) is 0 Å². The summed E-state index contributed by atoms with van der Waals surface area (Å²) >= 11 is 0. The Balaban J connectivity index is 2.21. The predicted octanol–water partition coefficient (Wildman–Crippen LogP) is 3.25. The number of nitrogens with one attached hydrogen (secondary N) is 1. The highest BCUT2D eigenvalue weighted by atomic mass is 32.2. The van der Waals surface area contributed by atoms with Crippen LogP contribution in [0.15, 0.2) is 48.5 Å². The van der Waals surface area contributed by atoms with Crippen molar-refractivity contribution in [1.82, 2.24) is 0 Å². The molecule has 0 unspecified atom stereocenters. The molecule has 0 bridgehead atoms. The van der Waals surface area contributed by atoms with Gasteiger partial charge in [0.15, 0.2) is 0 Å². The summed E-state index contributed by atoms with van der Waals surface area (Å²) in [7, 11) is -3.93. The minimum atomic E-state index is -4.58. The van der Waals surface area contributed by atoms with Gasteiger partial charge in [0.05, 0.1) is 17.5 Å². The number of hydrogen-bond acceptors (Lipinski definition) is 3. The number of anilines is 2. The molecule has 0 aliphatic rings. The zero-order valence-corrected chi connectivity index (χ0v) is 14.2. The average Bonchev–Trinajstić information content (AvgIpc) is 2.51. The van der Waals surface area contributed by atoms with Gasteiger partial charge in [-0.2, -0.15) is 13.2 Å². The van der Waals surface area contributed by atoms with Crippen molar-refractivity contribution in [2.24, 2.45) is 0 Å². The molecule has 2 rings (SSSR count). The van der Waals surface area contributed by atoms with Gasteiger partial charge in [-0.3, -0.25) is 9.10 Å². The lowest BCUT2D eigenvalue weighted by atomic mass is 10.2. The third-order valence-corrected chi connectivity index (χ3v) is 4.40. The first kappa shape index (κ1) is 19.7. The summed E-state index contributed by atoms with van der Waals surface area (Å²) < 4.78 is 75.8. The number of amides is 1. The molecule has 0 aromatic heterocycles. The number of benzene rings is 2. The first-order chi connectivity index (χ1) is 12.0. The molecule has 0 radical (unpaired) electrons. The molecular weight excluding hydrogens is 376 g/mol. The Bertz CT molecular complexity index is 914. The van der Waals surface area contributed by atoms with Gasteiger partial charge in [-0.1, -0.05) is 12.1 Å². The molecule has 0 saturated heterocycles. The Morgan fingerprint density at radius 2 is 1.77 bits per heavy atom. The molecule has 0 atom stereocenters. The van der Waals surface area contributed by atoms with Crippen molar-refractivity contribution in [3.8, 4) is 0 Å². The fraction of sp³-hybridized carbons (Fsp3) is 0.188. The molecule has 5 nitrogen and oxygen atoms in total. The van der Waals surface area contributed by atoms with E-state index in [2.05, 4.69) is 5.32 Å². The van der Waals surface area contributed by atoms with E-state index < -0.39 is 40.0 Å². The minimum Gasteiger partial charge on any atom is -0.325 e. The van der Waals surface area contributed by atoms with Crippen molar-refractivity contribution in [2.45, 2.75) is 6.18 Å². The van der Waals surface area contributed by atoms with E-state index in [0.717, 1.165) is 36.6 Å². The van der Waals surface area contributed by atoms with Crippen LogP contribution in [-0.2, 0) is 21.0 Å². The standard InChI is InChI=1S/C16H14F4N2O3S/c1-26(24,25)22(14-7-3-5-12(17)9-14)10-15(23)21-13-6-2-4-11(8-13)16(18,19)20/h2-9H,10H2,1H3,(H,21,23). The number of alkyl halides is 3. The van der Waals surface area contributed by atoms with Gasteiger partial charge in [-0.15, -0.1) is 0 Å². The SMILES string of the molecule is CS(=O)(=O)N(CC(=O)Nc1cccc(C(F)(F)F)c1)c1cccc(F)c1. The molecule has 0 aliphatic heterocycles. The second kappa shape index (κ2) is 7.32. The molecule has 0 aliphatic carbocycles. The highest BCUT2D eigenvalue weighted by Crippen LogP contribution is 2.30. The molecule has 10 heteroatoms. The summed E-state index contributed by atoms with van der Waals surface area (Å²) in [5.74, 6) is -1.58. The number of carbonyl (C=O) groups excluding carboxylic acids is 1. The van der Waals surface area contributed by atoms with Crippen LogP contribution < -0.4 is 9.62 Å². The van der Waals surface area contributed by atoms with Gasteiger partial charge in [-0.25, -0.2) is 12.8 Å². The molecule has 26 heavy (non-hydrogen) atoms. The largest absolute Gasteiger partial charge is 0.416 e. The highest BCUT2D eigenvalue weighted by Gasteiger charge is 2.30. The van der Waals surface area contributed by atoms with Crippen LogP contribution in [0.25, 0.3) is 0 Å². The Morgan fingerprint density at radius 3 is 2.35 bits per heavy atom. The van der Waals surface area contributed by atoms with Gasteiger partial charge in [0.25, 0.3) is 0 Å². The van der Waals surface area contributed by atoms with Crippen LogP contribution in [0.4, 0.5) is 28.9 Å². The number of rotatable bonds is 5. The molecular formula is C16H14F4N2O3S. The molecule has 1 N–H and O–H groups in total. The first-order valence-corrected chi connectivity index (χ1v) is 9.02. The molecule has 2 aromatic rings. The van der Waals surface area contributed by atoms with E-state index in [0.29, 0.717) is 4.31 Å². The third kappa shape index (κ3) is 5.19. The van der Waals surface area contributed by atoms with Crippen molar-refractivity contribution < 1.29 is 30.8 Å². The van der Waals surface area contributed by atoms with E-state index in [1.54, 1.807) is 0 Å². The first-order valence-electron chi connectivity index (χ1n) is 7.17. The highest BCUT2D eigenvalue weighted by molar-refractivity contribution is 7.92. The zero-order chi connectivity index (χ0) is 19.5. The topological polar surface area (TPSA) is 66.5 Å². The average molecular weight is 390 g/mol. The van der Waals surface area contributed by atoms with Crippen LogP contribution in [0.1, 0.15) is 5.56 Å². The summed E-state index contributed by atoms with van der Waals surface area (Å²) in [4.78, 5) is 12.1. The van der Waals surface area contributed by atoms with Gasteiger partial charge >= 0.3 is 6.18 Å². The van der Waals surface area contributed by atoms with E-state index in [4.69, 9.17) is 0 Å². The molecule has 0 fully saturated rings. The van der Waals surface area contributed by atoms with Crippen molar-refractivity contribution >= 4 is 27.3 Å². The van der Waals surface area contributed by atoms with Gasteiger partial charge in [0.2, 0.25) is 15.9 Å². The normalized spacial score (nSPS) is 11.9. The zero-order valence-electron chi connectivity index (χ0n) is 13.4. The Labute approximate surface area is 147 Å². The lowest BCUT2D eigenvalue weighted by molar-refractivity contribution is -0.137. The molecule has 0 heterocycles. The number of nitrogens with zero attached hydrogens (tertiary/aromatic N) is 1.